The summed E-state index contributed by atoms with van der Waals surface area (Å²) in [5.74, 6) is -0.608. The summed E-state index contributed by atoms with van der Waals surface area (Å²) in [6.07, 6.45) is -0.590. The normalized spacial score (nSPS) is 12.3. The van der Waals surface area contributed by atoms with Gasteiger partial charge in [-0.25, -0.2) is 19.4 Å². The van der Waals surface area contributed by atoms with E-state index >= 15 is 0 Å². The molecule has 0 saturated carbocycles. The molecule has 27 heavy (non-hydrogen) atoms. The predicted octanol–water partition coefficient (Wildman–Crippen LogP) is 2.83. The molecule has 1 aromatic rings. The number of urea groups is 1. The molecule has 10 heteroatoms. The average Bonchev–Trinajstić information content (AvgIpc) is 2.95. The van der Waals surface area contributed by atoms with Gasteiger partial charge < -0.3 is 19.7 Å². The van der Waals surface area contributed by atoms with Gasteiger partial charge >= 0.3 is 18.1 Å². The van der Waals surface area contributed by atoms with E-state index in [1.54, 1.807) is 33.2 Å². The van der Waals surface area contributed by atoms with Gasteiger partial charge in [-0.05, 0) is 26.7 Å². The summed E-state index contributed by atoms with van der Waals surface area (Å²) in [6.45, 7) is 9.16. The lowest BCUT2D eigenvalue weighted by molar-refractivity contribution is -0.144. The van der Waals surface area contributed by atoms with Crippen molar-refractivity contribution in [2.45, 2.75) is 52.8 Å². The van der Waals surface area contributed by atoms with E-state index in [2.05, 4.69) is 15.6 Å². The predicted molar refractivity (Wildman–Crippen MR) is 103 cm³/mol. The van der Waals surface area contributed by atoms with Gasteiger partial charge in [0.15, 0.2) is 5.13 Å². The second kappa shape index (κ2) is 9.54. The van der Waals surface area contributed by atoms with Crippen molar-refractivity contribution in [3.05, 3.63) is 11.1 Å². The Morgan fingerprint density at radius 2 is 1.93 bits per heavy atom. The van der Waals surface area contributed by atoms with Crippen molar-refractivity contribution >= 4 is 34.6 Å². The monoisotopic (exact) mass is 400 g/mol. The van der Waals surface area contributed by atoms with Gasteiger partial charge in [0, 0.05) is 12.4 Å². The first kappa shape index (κ1) is 22.7. The van der Waals surface area contributed by atoms with Crippen LogP contribution in [0.4, 0.5) is 14.7 Å². The number of anilines is 1. The molecule has 1 atom stereocenters. The Hall–Kier alpha value is -2.36. The number of thiazole rings is 1. The number of methoxy groups -OCH3 is 1. The van der Waals surface area contributed by atoms with Gasteiger partial charge in [-0.3, -0.25) is 5.32 Å². The van der Waals surface area contributed by atoms with Crippen LogP contribution in [-0.2, 0) is 20.8 Å². The Kier molecular flexibility index (Phi) is 8.01. The molecule has 2 N–H and O–H groups in total. The van der Waals surface area contributed by atoms with Crippen LogP contribution in [-0.4, -0.2) is 53.8 Å². The summed E-state index contributed by atoms with van der Waals surface area (Å²) < 4.78 is 9.88. The number of hydrogen-bond donors (Lipinski definition) is 2. The molecule has 3 amide bonds. The lowest BCUT2D eigenvalue weighted by Gasteiger charge is -2.23. The lowest BCUT2D eigenvalue weighted by Crippen LogP contribution is -2.49. The maximum absolute atomic E-state index is 12.3. The first-order valence-electron chi connectivity index (χ1n) is 8.46. The van der Waals surface area contributed by atoms with E-state index in [1.807, 2.05) is 13.8 Å². The molecule has 1 rings (SSSR count). The third-order valence-corrected chi connectivity index (χ3v) is 4.11. The smallest absolute Gasteiger partial charge is 0.413 e. The second-order valence-electron chi connectivity index (χ2n) is 7.32. The number of nitrogens with zero attached hydrogens (tertiary/aromatic N) is 2. The molecule has 152 valence electrons. The van der Waals surface area contributed by atoms with Crippen molar-refractivity contribution in [2.75, 3.05) is 19.5 Å². The zero-order valence-corrected chi connectivity index (χ0v) is 17.6. The maximum Gasteiger partial charge on any atom is 0.413 e. The molecule has 0 aliphatic rings. The molecule has 0 aromatic carbocycles. The molecular formula is C17H28N4O5S. The first-order chi connectivity index (χ1) is 12.4. The largest absolute Gasteiger partial charge is 0.467 e. The molecule has 0 saturated heterocycles. The topological polar surface area (TPSA) is 110 Å². The number of carbonyl (C=O) groups is 3. The standard InChI is InChI=1S/C17H28N4O5S/c1-10(2)12(13(22)25-7)19-15(23)21(6)8-11-9-27-14(18-11)20-16(24)26-17(3,4)5/h9-10,12H,8H2,1-7H3,(H,19,23)(H,18,20,24). The molecule has 0 aliphatic carbocycles. The maximum atomic E-state index is 12.3. The molecule has 1 unspecified atom stereocenters. The van der Waals surface area contributed by atoms with Gasteiger partial charge in [0.1, 0.15) is 11.6 Å². The van der Waals surface area contributed by atoms with E-state index in [1.165, 1.54) is 23.3 Å². The number of aromatic nitrogens is 1. The van der Waals surface area contributed by atoms with E-state index in [9.17, 15) is 14.4 Å². The summed E-state index contributed by atoms with van der Waals surface area (Å²) in [6, 6.07) is -1.15. The molecule has 0 bridgehead atoms. The van der Waals surface area contributed by atoms with E-state index < -0.39 is 29.7 Å². The van der Waals surface area contributed by atoms with Crippen LogP contribution in [0.25, 0.3) is 0 Å². The first-order valence-corrected chi connectivity index (χ1v) is 9.34. The second-order valence-corrected chi connectivity index (χ2v) is 8.18. The number of carbonyl (C=O) groups excluding carboxylic acids is 3. The Bertz CT molecular complexity index is 669. The highest BCUT2D eigenvalue weighted by molar-refractivity contribution is 7.13. The van der Waals surface area contributed by atoms with Crippen LogP contribution in [0, 0.1) is 5.92 Å². The number of amides is 3. The molecule has 0 radical (unpaired) electrons. The Morgan fingerprint density at radius 3 is 2.44 bits per heavy atom. The molecule has 0 aliphatic heterocycles. The van der Waals surface area contributed by atoms with Crippen LogP contribution in [0.5, 0.6) is 0 Å². The quantitative estimate of drug-likeness (QED) is 0.711. The zero-order chi connectivity index (χ0) is 20.8. The summed E-state index contributed by atoms with van der Waals surface area (Å²) >= 11 is 1.23. The van der Waals surface area contributed by atoms with Crippen molar-refractivity contribution < 1.29 is 23.9 Å². The molecular weight excluding hydrogens is 372 g/mol. The number of ether oxygens (including phenoxy) is 2. The number of rotatable bonds is 6. The molecule has 9 nitrogen and oxygen atoms in total. The highest BCUT2D eigenvalue weighted by Crippen LogP contribution is 2.18. The fourth-order valence-electron chi connectivity index (χ4n) is 2.01. The minimum atomic E-state index is -0.732. The summed E-state index contributed by atoms with van der Waals surface area (Å²) in [4.78, 5) is 41.5. The average molecular weight is 401 g/mol. The van der Waals surface area contributed by atoms with Crippen molar-refractivity contribution in [3.8, 4) is 0 Å². The van der Waals surface area contributed by atoms with Crippen LogP contribution in [0.2, 0.25) is 0 Å². The van der Waals surface area contributed by atoms with E-state index in [4.69, 9.17) is 9.47 Å². The number of nitrogens with one attached hydrogen (secondary N) is 2. The Balaban J connectivity index is 2.63. The minimum absolute atomic E-state index is 0.112. The molecule has 1 aromatic heterocycles. The van der Waals surface area contributed by atoms with Gasteiger partial charge in [-0.15, -0.1) is 11.3 Å². The lowest BCUT2D eigenvalue weighted by atomic mass is 10.1. The van der Waals surface area contributed by atoms with Crippen LogP contribution >= 0.6 is 11.3 Å². The Morgan fingerprint density at radius 1 is 1.30 bits per heavy atom. The van der Waals surface area contributed by atoms with E-state index in [0.717, 1.165) is 0 Å². The third kappa shape index (κ3) is 7.81. The van der Waals surface area contributed by atoms with Crippen molar-refractivity contribution in [2.24, 2.45) is 5.92 Å². The molecule has 0 fully saturated rings. The Labute approximate surface area is 163 Å². The van der Waals surface area contributed by atoms with Crippen LogP contribution in [0.1, 0.15) is 40.3 Å². The van der Waals surface area contributed by atoms with Crippen molar-refractivity contribution in [3.63, 3.8) is 0 Å². The van der Waals surface area contributed by atoms with Crippen molar-refractivity contribution in [1.82, 2.24) is 15.2 Å². The van der Waals surface area contributed by atoms with Gasteiger partial charge in [0.25, 0.3) is 0 Å². The zero-order valence-electron chi connectivity index (χ0n) is 16.8. The molecule has 0 spiro atoms. The summed E-state index contributed by atoms with van der Waals surface area (Å²) in [5, 5.41) is 7.32. The molecule has 1 heterocycles. The van der Waals surface area contributed by atoms with Crippen LogP contribution in [0.15, 0.2) is 5.38 Å². The summed E-state index contributed by atoms with van der Waals surface area (Å²) in [5.41, 5.74) is -0.00223. The van der Waals surface area contributed by atoms with Gasteiger partial charge in [-0.1, -0.05) is 13.8 Å². The van der Waals surface area contributed by atoms with E-state index in [-0.39, 0.29) is 12.5 Å². The van der Waals surface area contributed by atoms with Crippen LogP contribution < -0.4 is 10.6 Å². The fourth-order valence-corrected chi connectivity index (χ4v) is 2.70. The van der Waals surface area contributed by atoms with Crippen molar-refractivity contribution in [1.29, 1.82) is 0 Å². The number of esters is 1. The van der Waals surface area contributed by atoms with Gasteiger partial charge in [-0.2, -0.15) is 0 Å². The highest BCUT2D eigenvalue weighted by Gasteiger charge is 2.26. The highest BCUT2D eigenvalue weighted by atomic mass is 32.1. The fraction of sp³-hybridized carbons (Fsp3) is 0.647. The van der Waals surface area contributed by atoms with Gasteiger partial charge in [0.2, 0.25) is 0 Å². The summed E-state index contributed by atoms with van der Waals surface area (Å²) in [7, 11) is 2.87. The number of hydrogen-bond acceptors (Lipinski definition) is 7. The SMILES string of the molecule is COC(=O)C(NC(=O)N(C)Cc1csc(NC(=O)OC(C)(C)C)n1)C(C)C. The van der Waals surface area contributed by atoms with Crippen LogP contribution in [0.3, 0.4) is 0 Å². The minimum Gasteiger partial charge on any atom is -0.467 e. The van der Waals surface area contributed by atoms with E-state index in [0.29, 0.717) is 10.8 Å². The van der Waals surface area contributed by atoms with Gasteiger partial charge in [0.05, 0.1) is 19.3 Å². The third-order valence-electron chi connectivity index (χ3n) is 3.31.